The Morgan fingerprint density at radius 2 is 1.73 bits per heavy atom. The average molecular weight is 547 g/mol. The second kappa shape index (κ2) is 10.5. The van der Waals surface area contributed by atoms with Crippen molar-refractivity contribution in [2.45, 2.75) is 6.92 Å². The van der Waals surface area contributed by atoms with Gasteiger partial charge in [-0.3, -0.25) is 19.4 Å². The Hall–Kier alpha value is -5.02. The molecule has 9 nitrogen and oxygen atoms in total. The number of anilines is 1. The number of aromatic amines is 1. The Balaban J connectivity index is 1.44. The van der Waals surface area contributed by atoms with Crippen LogP contribution < -0.4 is 11.1 Å². The van der Waals surface area contributed by atoms with Crippen LogP contribution in [0.4, 0.5) is 5.69 Å². The molecular weight excluding hydrogens is 516 g/mol. The molecule has 9 heteroatoms. The van der Waals surface area contributed by atoms with Gasteiger partial charge in [-0.05, 0) is 67.1 Å². The van der Waals surface area contributed by atoms with E-state index in [1.807, 2.05) is 54.3 Å². The van der Waals surface area contributed by atoms with Crippen LogP contribution >= 0.6 is 0 Å². The lowest BCUT2D eigenvalue weighted by Gasteiger charge is -2.32. The van der Waals surface area contributed by atoms with Crippen LogP contribution in [0.25, 0.3) is 32.9 Å². The van der Waals surface area contributed by atoms with Crippen LogP contribution in [0.3, 0.4) is 0 Å². The molecule has 1 aliphatic heterocycles. The number of aromatic nitrogens is 2. The molecule has 5 aromatic rings. The molecule has 0 saturated carbocycles. The molecule has 1 aliphatic rings. The lowest BCUT2D eigenvalue weighted by Crippen LogP contribution is -2.47. The van der Waals surface area contributed by atoms with Crippen LogP contribution in [-0.2, 0) is 0 Å². The number of amides is 3. The smallest absolute Gasteiger partial charge is 0.257 e. The number of nitrogens with two attached hydrogens (primary N) is 1. The zero-order valence-corrected chi connectivity index (χ0v) is 22.9. The van der Waals surface area contributed by atoms with Gasteiger partial charge in [0.15, 0.2) is 0 Å². The van der Waals surface area contributed by atoms with E-state index in [4.69, 9.17) is 5.73 Å². The number of likely N-dealkylation sites (N-methyl/N-ethyl adjacent to an activating group) is 1. The molecule has 0 spiro atoms. The van der Waals surface area contributed by atoms with Crippen molar-refractivity contribution in [1.82, 2.24) is 19.8 Å². The van der Waals surface area contributed by atoms with Gasteiger partial charge in [0.1, 0.15) is 0 Å². The van der Waals surface area contributed by atoms with E-state index in [1.165, 1.54) is 6.20 Å². The van der Waals surface area contributed by atoms with E-state index in [0.29, 0.717) is 41.0 Å². The maximum absolute atomic E-state index is 13.3. The summed E-state index contributed by atoms with van der Waals surface area (Å²) in [6.07, 6.45) is 3.14. The predicted octanol–water partition coefficient (Wildman–Crippen LogP) is 4.43. The van der Waals surface area contributed by atoms with Crippen molar-refractivity contribution >= 4 is 45.2 Å². The quantitative estimate of drug-likeness (QED) is 0.301. The number of nitrogens with zero attached hydrogens (tertiary/aromatic N) is 3. The third kappa shape index (κ3) is 4.81. The summed E-state index contributed by atoms with van der Waals surface area (Å²) in [4.78, 5) is 50.0. The highest BCUT2D eigenvalue weighted by Gasteiger charge is 2.23. The van der Waals surface area contributed by atoms with E-state index in [2.05, 4.69) is 27.2 Å². The molecule has 0 bridgehead atoms. The summed E-state index contributed by atoms with van der Waals surface area (Å²) < 4.78 is 0. The summed E-state index contributed by atoms with van der Waals surface area (Å²) in [6.45, 7) is 5.00. The summed E-state index contributed by atoms with van der Waals surface area (Å²) in [5, 5.41) is 4.69. The highest BCUT2D eigenvalue weighted by Crippen LogP contribution is 2.39. The third-order valence-corrected chi connectivity index (χ3v) is 7.85. The third-order valence-electron chi connectivity index (χ3n) is 7.85. The van der Waals surface area contributed by atoms with Crippen LogP contribution in [0.15, 0.2) is 73.1 Å². The number of carbonyl (C=O) groups is 3. The Bertz CT molecular complexity index is 1820. The molecule has 3 heterocycles. The van der Waals surface area contributed by atoms with Crippen LogP contribution in [0.5, 0.6) is 0 Å². The van der Waals surface area contributed by atoms with Gasteiger partial charge in [0.25, 0.3) is 17.7 Å². The highest BCUT2D eigenvalue weighted by molar-refractivity contribution is 6.20. The Kier molecular flexibility index (Phi) is 6.72. The van der Waals surface area contributed by atoms with Gasteiger partial charge in [0.05, 0.1) is 16.6 Å². The number of primary amides is 1. The van der Waals surface area contributed by atoms with Crippen LogP contribution in [0, 0.1) is 6.92 Å². The molecule has 2 aromatic heterocycles. The molecule has 41 heavy (non-hydrogen) atoms. The lowest BCUT2D eigenvalue weighted by atomic mass is 9.93. The fraction of sp³-hybridized carbons (Fsp3) is 0.188. The second-order valence-electron chi connectivity index (χ2n) is 10.4. The molecule has 0 unspecified atom stereocenters. The Morgan fingerprint density at radius 1 is 0.927 bits per heavy atom. The van der Waals surface area contributed by atoms with E-state index < -0.39 is 5.91 Å². The first kappa shape index (κ1) is 26.2. The van der Waals surface area contributed by atoms with Crippen molar-refractivity contribution in [3.05, 3.63) is 95.3 Å². The summed E-state index contributed by atoms with van der Waals surface area (Å²) in [5.74, 6) is -0.810. The number of fused-ring (bicyclic) bond motifs is 3. The number of hydrogen-bond acceptors (Lipinski definition) is 5. The topological polar surface area (TPSA) is 124 Å². The normalized spacial score (nSPS) is 14.0. The number of carbonyl (C=O) groups excluding carboxylic acids is 3. The van der Waals surface area contributed by atoms with Crippen molar-refractivity contribution in [2.24, 2.45) is 5.73 Å². The zero-order valence-electron chi connectivity index (χ0n) is 22.9. The molecule has 1 saturated heterocycles. The van der Waals surface area contributed by atoms with Gasteiger partial charge in [-0.25, -0.2) is 0 Å². The minimum atomic E-state index is -0.545. The fourth-order valence-corrected chi connectivity index (χ4v) is 5.52. The number of nitrogens with one attached hydrogen (secondary N) is 2. The van der Waals surface area contributed by atoms with Crippen molar-refractivity contribution in [2.75, 3.05) is 38.5 Å². The first-order valence-electron chi connectivity index (χ1n) is 13.5. The first-order chi connectivity index (χ1) is 19.8. The number of H-pyrrole nitrogens is 1. The molecule has 0 aliphatic carbocycles. The minimum absolute atomic E-state index is 0.0121. The molecule has 1 fully saturated rings. The van der Waals surface area contributed by atoms with Crippen molar-refractivity contribution in [1.29, 1.82) is 0 Å². The molecule has 206 valence electrons. The largest absolute Gasteiger partial charge is 0.366 e. The van der Waals surface area contributed by atoms with E-state index >= 15 is 0 Å². The highest BCUT2D eigenvalue weighted by atomic mass is 16.2. The number of pyridine rings is 1. The molecule has 0 atom stereocenters. The number of rotatable bonds is 5. The Morgan fingerprint density at radius 3 is 2.46 bits per heavy atom. The van der Waals surface area contributed by atoms with Gasteiger partial charge >= 0.3 is 0 Å². The fourth-order valence-electron chi connectivity index (χ4n) is 5.52. The number of piperazine rings is 1. The van der Waals surface area contributed by atoms with Crippen LogP contribution in [0.2, 0.25) is 0 Å². The van der Waals surface area contributed by atoms with Crippen molar-refractivity contribution in [3.63, 3.8) is 0 Å². The van der Waals surface area contributed by atoms with E-state index in [0.717, 1.165) is 46.1 Å². The predicted molar refractivity (Wildman–Crippen MR) is 160 cm³/mol. The monoisotopic (exact) mass is 546 g/mol. The average Bonchev–Trinajstić information content (AvgIpc) is 3.37. The van der Waals surface area contributed by atoms with Gasteiger partial charge in [-0.1, -0.05) is 24.3 Å². The van der Waals surface area contributed by atoms with E-state index in [9.17, 15) is 14.4 Å². The lowest BCUT2D eigenvalue weighted by molar-refractivity contribution is 0.0664. The summed E-state index contributed by atoms with van der Waals surface area (Å²) in [5.41, 5.74) is 11.9. The molecule has 3 amide bonds. The maximum atomic E-state index is 13.3. The Labute approximate surface area is 237 Å². The standard InChI is InChI=1S/C32H30N6O3/c1-19-22(6-3-7-26(19)36-31(40)21-5-4-12-34-18-21)23-10-11-25(30(33)39)29-28(23)24-9-8-20(17-27(24)35-29)32(41)38-15-13-37(2)14-16-38/h3-12,17-18,35H,13-16H2,1-2H3,(H2,33,39)(H,36,40). The number of benzene rings is 3. The summed E-state index contributed by atoms with van der Waals surface area (Å²) >= 11 is 0. The molecular formula is C32H30N6O3. The number of hydrogen-bond donors (Lipinski definition) is 3. The SMILES string of the molecule is Cc1c(NC(=O)c2cccnc2)cccc1-c1ccc(C(N)=O)c2[nH]c3cc(C(=O)N4CCN(C)CC4)ccc3c12. The molecule has 6 rings (SSSR count). The summed E-state index contributed by atoms with van der Waals surface area (Å²) in [6, 6.07) is 18.4. The second-order valence-corrected chi connectivity index (χ2v) is 10.4. The molecule has 0 radical (unpaired) electrons. The van der Waals surface area contributed by atoms with Gasteiger partial charge in [-0.15, -0.1) is 0 Å². The van der Waals surface area contributed by atoms with E-state index in [1.54, 1.807) is 24.4 Å². The first-order valence-corrected chi connectivity index (χ1v) is 13.5. The van der Waals surface area contributed by atoms with Crippen LogP contribution in [-0.4, -0.2) is 70.7 Å². The minimum Gasteiger partial charge on any atom is -0.366 e. The van der Waals surface area contributed by atoms with Crippen molar-refractivity contribution < 1.29 is 14.4 Å². The summed E-state index contributed by atoms with van der Waals surface area (Å²) in [7, 11) is 2.05. The van der Waals surface area contributed by atoms with E-state index in [-0.39, 0.29) is 11.8 Å². The van der Waals surface area contributed by atoms with Crippen LogP contribution in [0.1, 0.15) is 36.6 Å². The van der Waals surface area contributed by atoms with Gasteiger partial charge in [0.2, 0.25) is 0 Å². The molecule has 4 N–H and O–H groups in total. The van der Waals surface area contributed by atoms with Gasteiger partial charge in [0, 0.05) is 66.1 Å². The zero-order chi connectivity index (χ0) is 28.7. The van der Waals surface area contributed by atoms with Crippen molar-refractivity contribution in [3.8, 4) is 11.1 Å². The van der Waals surface area contributed by atoms with Gasteiger partial charge < -0.3 is 25.8 Å². The maximum Gasteiger partial charge on any atom is 0.257 e. The van der Waals surface area contributed by atoms with Gasteiger partial charge in [-0.2, -0.15) is 0 Å². The molecule has 3 aromatic carbocycles.